The Hall–Kier alpha value is -1.48. The van der Waals surface area contributed by atoms with Crippen molar-refractivity contribution in [1.82, 2.24) is 0 Å². The average molecular weight is 334 g/mol. The van der Waals surface area contributed by atoms with E-state index in [1.165, 1.54) is 11.1 Å². The number of methoxy groups -OCH3 is 1. The molecule has 0 aromatic heterocycles. The zero-order chi connectivity index (χ0) is 14.5. The van der Waals surface area contributed by atoms with Crippen molar-refractivity contribution < 1.29 is 4.74 Å². The number of aryl methyl sites for hydroxylation is 1. The van der Waals surface area contributed by atoms with Crippen molar-refractivity contribution >= 4 is 21.6 Å². The Bertz CT molecular complexity index is 566. The zero-order valence-corrected chi connectivity index (χ0v) is 13.7. The van der Waals surface area contributed by atoms with E-state index in [4.69, 9.17) is 4.74 Å². The highest BCUT2D eigenvalue weighted by molar-refractivity contribution is 9.10. The number of nitrogens with one attached hydrogen (secondary N) is 1. The summed E-state index contributed by atoms with van der Waals surface area (Å²) < 4.78 is 6.34. The second-order valence-electron chi connectivity index (χ2n) is 4.81. The zero-order valence-electron chi connectivity index (χ0n) is 12.1. The Morgan fingerprint density at radius 2 is 1.85 bits per heavy atom. The number of benzene rings is 2. The molecular formula is C17H20BrNO. The molecule has 106 valence electrons. The fourth-order valence-corrected chi connectivity index (χ4v) is 2.58. The fraction of sp³-hybridized carbons (Fsp3) is 0.294. The molecule has 0 saturated carbocycles. The summed E-state index contributed by atoms with van der Waals surface area (Å²) in [5.74, 6) is 0.889. The van der Waals surface area contributed by atoms with Gasteiger partial charge in [-0.25, -0.2) is 0 Å². The third-order valence-electron chi connectivity index (χ3n) is 3.45. The van der Waals surface area contributed by atoms with Gasteiger partial charge < -0.3 is 10.1 Å². The Kier molecular flexibility index (Phi) is 5.07. The van der Waals surface area contributed by atoms with E-state index >= 15 is 0 Å². The molecule has 2 rings (SSSR count). The van der Waals surface area contributed by atoms with Crippen LogP contribution in [0, 0.1) is 6.92 Å². The summed E-state index contributed by atoms with van der Waals surface area (Å²) in [4.78, 5) is 0. The second kappa shape index (κ2) is 6.80. The van der Waals surface area contributed by atoms with Crippen molar-refractivity contribution in [3.63, 3.8) is 0 Å². The molecule has 20 heavy (non-hydrogen) atoms. The SMILES string of the molecule is CCC(Nc1cccc(C)c1Br)c1ccc(OC)cc1. The summed E-state index contributed by atoms with van der Waals surface area (Å²) in [6, 6.07) is 14.8. The van der Waals surface area contributed by atoms with Gasteiger partial charge in [0.1, 0.15) is 5.75 Å². The van der Waals surface area contributed by atoms with Gasteiger partial charge in [-0.05, 0) is 58.6 Å². The number of hydrogen-bond donors (Lipinski definition) is 1. The number of halogens is 1. The van der Waals surface area contributed by atoms with Crippen LogP contribution in [0.4, 0.5) is 5.69 Å². The maximum atomic E-state index is 5.21. The first-order valence-corrected chi connectivity index (χ1v) is 7.60. The molecule has 0 bridgehead atoms. The van der Waals surface area contributed by atoms with Crippen LogP contribution in [0.15, 0.2) is 46.9 Å². The molecule has 0 saturated heterocycles. The van der Waals surface area contributed by atoms with E-state index in [-0.39, 0.29) is 0 Å². The van der Waals surface area contributed by atoms with Crippen LogP contribution in [0.25, 0.3) is 0 Å². The summed E-state index contributed by atoms with van der Waals surface area (Å²) >= 11 is 3.65. The standard InChI is InChI=1S/C17H20BrNO/c1-4-15(13-8-10-14(20-3)11-9-13)19-16-7-5-6-12(2)17(16)18/h5-11,15,19H,4H2,1-3H3. The number of hydrogen-bond acceptors (Lipinski definition) is 2. The molecule has 0 amide bonds. The van der Waals surface area contributed by atoms with Gasteiger partial charge in [0, 0.05) is 10.2 Å². The average Bonchev–Trinajstić information content (AvgIpc) is 2.49. The Balaban J connectivity index is 2.21. The molecule has 1 atom stereocenters. The lowest BCUT2D eigenvalue weighted by molar-refractivity contribution is 0.414. The Labute approximate surface area is 129 Å². The summed E-state index contributed by atoms with van der Waals surface area (Å²) in [5.41, 5.74) is 3.63. The minimum Gasteiger partial charge on any atom is -0.497 e. The molecule has 1 N–H and O–H groups in total. The minimum absolute atomic E-state index is 0.291. The highest BCUT2D eigenvalue weighted by atomic mass is 79.9. The first-order chi connectivity index (χ1) is 9.65. The van der Waals surface area contributed by atoms with E-state index in [9.17, 15) is 0 Å². The van der Waals surface area contributed by atoms with Crippen LogP contribution < -0.4 is 10.1 Å². The topological polar surface area (TPSA) is 21.3 Å². The predicted octanol–water partition coefficient (Wildman–Crippen LogP) is 5.33. The van der Waals surface area contributed by atoms with Crippen molar-refractivity contribution in [3.8, 4) is 5.75 Å². The molecule has 2 aromatic rings. The van der Waals surface area contributed by atoms with Gasteiger partial charge in [0.2, 0.25) is 0 Å². The van der Waals surface area contributed by atoms with Gasteiger partial charge in [-0.15, -0.1) is 0 Å². The van der Waals surface area contributed by atoms with E-state index in [0.29, 0.717) is 6.04 Å². The largest absolute Gasteiger partial charge is 0.497 e. The molecule has 2 nitrogen and oxygen atoms in total. The lowest BCUT2D eigenvalue weighted by atomic mass is 10.0. The lowest BCUT2D eigenvalue weighted by Gasteiger charge is -2.20. The summed E-state index contributed by atoms with van der Waals surface area (Å²) in [7, 11) is 1.69. The van der Waals surface area contributed by atoms with E-state index < -0.39 is 0 Å². The quantitative estimate of drug-likeness (QED) is 0.798. The van der Waals surface area contributed by atoms with Gasteiger partial charge in [-0.1, -0.05) is 31.2 Å². The summed E-state index contributed by atoms with van der Waals surface area (Å²) in [6.45, 7) is 4.29. The molecule has 2 aromatic carbocycles. The van der Waals surface area contributed by atoms with E-state index in [1.54, 1.807) is 7.11 Å². The molecule has 0 aliphatic carbocycles. The maximum absolute atomic E-state index is 5.21. The first-order valence-electron chi connectivity index (χ1n) is 6.81. The van der Waals surface area contributed by atoms with Gasteiger partial charge >= 0.3 is 0 Å². The van der Waals surface area contributed by atoms with Crippen LogP contribution in [-0.2, 0) is 0 Å². The molecule has 0 heterocycles. The van der Waals surface area contributed by atoms with Crippen molar-refractivity contribution in [3.05, 3.63) is 58.1 Å². The van der Waals surface area contributed by atoms with Gasteiger partial charge in [0.15, 0.2) is 0 Å². The smallest absolute Gasteiger partial charge is 0.118 e. The highest BCUT2D eigenvalue weighted by Crippen LogP contribution is 2.30. The van der Waals surface area contributed by atoms with Crippen LogP contribution >= 0.6 is 15.9 Å². The normalized spacial score (nSPS) is 12.0. The van der Waals surface area contributed by atoms with E-state index in [0.717, 1.165) is 22.3 Å². The third kappa shape index (κ3) is 3.34. The molecule has 0 radical (unpaired) electrons. The highest BCUT2D eigenvalue weighted by Gasteiger charge is 2.11. The number of anilines is 1. The van der Waals surface area contributed by atoms with Crippen molar-refractivity contribution in [2.45, 2.75) is 26.3 Å². The van der Waals surface area contributed by atoms with Crippen molar-refractivity contribution in [1.29, 1.82) is 0 Å². The lowest BCUT2D eigenvalue weighted by Crippen LogP contribution is -2.10. The van der Waals surface area contributed by atoms with Crippen molar-refractivity contribution in [2.75, 3.05) is 12.4 Å². The van der Waals surface area contributed by atoms with Gasteiger partial charge in [0.05, 0.1) is 13.2 Å². The van der Waals surface area contributed by atoms with Crippen molar-refractivity contribution in [2.24, 2.45) is 0 Å². The monoisotopic (exact) mass is 333 g/mol. The Morgan fingerprint density at radius 3 is 2.45 bits per heavy atom. The fourth-order valence-electron chi connectivity index (χ4n) is 2.20. The molecule has 0 fully saturated rings. The minimum atomic E-state index is 0.291. The second-order valence-corrected chi connectivity index (χ2v) is 5.61. The molecule has 0 spiro atoms. The van der Waals surface area contributed by atoms with Gasteiger partial charge in [-0.2, -0.15) is 0 Å². The van der Waals surface area contributed by atoms with Gasteiger partial charge in [-0.3, -0.25) is 0 Å². The number of ether oxygens (including phenoxy) is 1. The molecular weight excluding hydrogens is 314 g/mol. The van der Waals surface area contributed by atoms with Crippen LogP contribution in [0.1, 0.15) is 30.5 Å². The molecule has 1 unspecified atom stereocenters. The molecule has 0 aliphatic heterocycles. The maximum Gasteiger partial charge on any atom is 0.118 e. The van der Waals surface area contributed by atoms with Crippen LogP contribution in [0.3, 0.4) is 0 Å². The van der Waals surface area contributed by atoms with Crippen LogP contribution in [0.2, 0.25) is 0 Å². The Morgan fingerprint density at radius 1 is 1.15 bits per heavy atom. The third-order valence-corrected chi connectivity index (χ3v) is 4.50. The first kappa shape index (κ1) is 14.9. The predicted molar refractivity (Wildman–Crippen MR) is 88.5 cm³/mol. The van der Waals surface area contributed by atoms with E-state index in [1.807, 2.05) is 12.1 Å². The molecule has 0 aliphatic rings. The van der Waals surface area contributed by atoms with E-state index in [2.05, 4.69) is 65.4 Å². The molecule has 3 heteroatoms. The number of rotatable bonds is 5. The van der Waals surface area contributed by atoms with Gasteiger partial charge in [0.25, 0.3) is 0 Å². The summed E-state index contributed by atoms with van der Waals surface area (Å²) in [6.07, 6.45) is 1.02. The van der Waals surface area contributed by atoms with Crippen LogP contribution in [-0.4, -0.2) is 7.11 Å². The van der Waals surface area contributed by atoms with Crippen LogP contribution in [0.5, 0.6) is 5.75 Å². The summed E-state index contributed by atoms with van der Waals surface area (Å²) in [5, 5.41) is 3.60.